The van der Waals surface area contributed by atoms with E-state index in [1.807, 2.05) is 5.01 Å². The molecule has 0 atom stereocenters. The SMILES string of the molecule is FCCNN1CCOCC1. The lowest BCUT2D eigenvalue weighted by molar-refractivity contribution is 0.0112. The average molecular weight is 148 g/mol. The van der Waals surface area contributed by atoms with Crippen molar-refractivity contribution in [3.05, 3.63) is 0 Å². The van der Waals surface area contributed by atoms with Crippen LogP contribution in [0.5, 0.6) is 0 Å². The monoisotopic (exact) mass is 148 g/mol. The highest BCUT2D eigenvalue weighted by Crippen LogP contribution is 1.90. The summed E-state index contributed by atoms with van der Waals surface area (Å²) in [5.41, 5.74) is 2.95. The van der Waals surface area contributed by atoms with E-state index in [1.54, 1.807) is 0 Å². The lowest BCUT2D eigenvalue weighted by Gasteiger charge is -2.26. The number of hydrogen-bond donors (Lipinski definition) is 1. The van der Waals surface area contributed by atoms with Crippen LogP contribution in [-0.2, 0) is 4.74 Å². The molecule has 3 nitrogen and oxygen atoms in total. The molecule has 0 radical (unpaired) electrons. The van der Waals surface area contributed by atoms with E-state index >= 15 is 0 Å². The average Bonchev–Trinajstić information content (AvgIpc) is 2.03. The second-order valence-electron chi connectivity index (χ2n) is 2.20. The van der Waals surface area contributed by atoms with Crippen molar-refractivity contribution in [2.24, 2.45) is 0 Å². The maximum atomic E-state index is 11.6. The number of morpholine rings is 1. The molecule has 0 bridgehead atoms. The van der Waals surface area contributed by atoms with Crippen LogP contribution in [0.1, 0.15) is 0 Å². The normalized spacial score (nSPS) is 21.3. The molecule has 0 aromatic heterocycles. The van der Waals surface area contributed by atoms with Gasteiger partial charge in [-0.3, -0.25) is 5.43 Å². The Labute approximate surface area is 60.1 Å². The maximum absolute atomic E-state index is 11.6. The van der Waals surface area contributed by atoms with Crippen LogP contribution in [0.15, 0.2) is 0 Å². The van der Waals surface area contributed by atoms with Crippen molar-refractivity contribution < 1.29 is 9.13 Å². The van der Waals surface area contributed by atoms with Gasteiger partial charge in [-0.1, -0.05) is 0 Å². The molecule has 0 amide bonds. The van der Waals surface area contributed by atoms with Crippen LogP contribution in [0.3, 0.4) is 0 Å². The lowest BCUT2D eigenvalue weighted by Crippen LogP contribution is -2.46. The van der Waals surface area contributed by atoms with Crippen LogP contribution >= 0.6 is 0 Å². The highest BCUT2D eigenvalue weighted by molar-refractivity contribution is 4.56. The zero-order valence-electron chi connectivity index (χ0n) is 5.98. The molecule has 0 spiro atoms. The fraction of sp³-hybridized carbons (Fsp3) is 1.00. The van der Waals surface area contributed by atoms with Crippen molar-refractivity contribution in [2.45, 2.75) is 0 Å². The topological polar surface area (TPSA) is 24.5 Å². The van der Waals surface area contributed by atoms with E-state index in [-0.39, 0.29) is 6.67 Å². The molecular weight excluding hydrogens is 135 g/mol. The van der Waals surface area contributed by atoms with E-state index in [1.165, 1.54) is 0 Å². The first-order valence-corrected chi connectivity index (χ1v) is 3.55. The Bertz CT molecular complexity index is 85.8. The third-order valence-corrected chi connectivity index (χ3v) is 1.44. The highest BCUT2D eigenvalue weighted by atomic mass is 19.1. The molecule has 1 aliphatic rings. The Morgan fingerprint density at radius 3 is 2.70 bits per heavy atom. The lowest BCUT2D eigenvalue weighted by atomic mass is 10.5. The number of halogens is 1. The van der Waals surface area contributed by atoms with Gasteiger partial charge in [0.05, 0.1) is 13.2 Å². The van der Waals surface area contributed by atoms with E-state index in [0.717, 1.165) is 26.3 Å². The molecule has 1 aliphatic heterocycles. The fourth-order valence-corrected chi connectivity index (χ4v) is 0.922. The summed E-state index contributed by atoms with van der Waals surface area (Å²) in [5.74, 6) is 0. The largest absolute Gasteiger partial charge is 0.379 e. The summed E-state index contributed by atoms with van der Waals surface area (Å²) in [4.78, 5) is 0. The van der Waals surface area contributed by atoms with Crippen LogP contribution in [0.4, 0.5) is 4.39 Å². The van der Waals surface area contributed by atoms with Crippen molar-refractivity contribution >= 4 is 0 Å². The van der Waals surface area contributed by atoms with Gasteiger partial charge in [-0.15, -0.1) is 0 Å². The summed E-state index contributed by atoms with van der Waals surface area (Å²) in [6.45, 7) is 3.33. The minimum Gasteiger partial charge on any atom is -0.379 e. The Balaban J connectivity index is 2.02. The first-order valence-electron chi connectivity index (χ1n) is 3.55. The third-order valence-electron chi connectivity index (χ3n) is 1.44. The predicted octanol–water partition coefficient (Wildman–Crippen LogP) is -0.207. The summed E-state index contributed by atoms with van der Waals surface area (Å²) in [5, 5.41) is 1.99. The van der Waals surface area contributed by atoms with Gasteiger partial charge < -0.3 is 4.74 Å². The molecule has 4 heteroatoms. The third kappa shape index (κ3) is 2.60. The minimum absolute atomic E-state index is 0.308. The molecule has 1 rings (SSSR count). The fourth-order valence-electron chi connectivity index (χ4n) is 0.922. The highest BCUT2D eigenvalue weighted by Gasteiger charge is 2.07. The van der Waals surface area contributed by atoms with E-state index in [2.05, 4.69) is 5.43 Å². The van der Waals surface area contributed by atoms with E-state index in [0.29, 0.717) is 6.54 Å². The van der Waals surface area contributed by atoms with Gasteiger partial charge >= 0.3 is 0 Å². The molecule has 10 heavy (non-hydrogen) atoms. The Morgan fingerprint density at radius 2 is 2.10 bits per heavy atom. The van der Waals surface area contributed by atoms with E-state index in [4.69, 9.17) is 4.74 Å². The molecule has 0 aromatic rings. The number of hydrazine groups is 1. The van der Waals surface area contributed by atoms with Gasteiger partial charge in [-0.25, -0.2) is 9.40 Å². The van der Waals surface area contributed by atoms with Crippen molar-refractivity contribution in [2.75, 3.05) is 39.5 Å². The summed E-state index contributed by atoms with van der Waals surface area (Å²) >= 11 is 0. The van der Waals surface area contributed by atoms with Crippen LogP contribution in [-0.4, -0.2) is 44.5 Å². The molecule has 1 heterocycles. The molecule has 1 N–H and O–H groups in total. The molecule has 0 saturated carbocycles. The molecule has 0 unspecified atom stereocenters. The summed E-state index contributed by atoms with van der Waals surface area (Å²) in [7, 11) is 0. The maximum Gasteiger partial charge on any atom is 0.103 e. The molecule has 1 fully saturated rings. The zero-order chi connectivity index (χ0) is 7.23. The molecule has 1 saturated heterocycles. The number of nitrogens with zero attached hydrogens (tertiary/aromatic N) is 1. The second-order valence-corrected chi connectivity index (χ2v) is 2.20. The number of ether oxygens (including phenoxy) is 1. The van der Waals surface area contributed by atoms with Crippen molar-refractivity contribution in [3.63, 3.8) is 0 Å². The number of alkyl halides is 1. The predicted molar refractivity (Wildman–Crippen MR) is 36.4 cm³/mol. The zero-order valence-corrected chi connectivity index (χ0v) is 5.98. The first-order chi connectivity index (χ1) is 4.93. The molecular formula is C6H13FN2O. The number of rotatable bonds is 3. The quantitative estimate of drug-likeness (QED) is 0.599. The summed E-state index contributed by atoms with van der Waals surface area (Å²) in [6, 6.07) is 0. The van der Waals surface area contributed by atoms with Crippen molar-refractivity contribution in [1.29, 1.82) is 0 Å². The van der Waals surface area contributed by atoms with Gasteiger partial charge in [-0.2, -0.15) is 0 Å². The van der Waals surface area contributed by atoms with Crippen LogP contribution in [0.2, 0.25) is 0 Å². The van der Waals surface area contributed by atoms with Crippen molar-refractivity contribution in [3.8, 4) is 0 Å². The number of hydrogen-bond acceptors (Lipinski definition) is 3. The van der Waals surface area contributed by atoms with Crippen molar-refractivity contribution in [1.82, 2.24) is 10.4 Å². The molecule has 0 aromatic carbocycles. The van der Waals surface area contributed by atoms with E-state index in [9.17, 15) is 4.39 Å². The van der Waals surface area contributed by atoms with Gasteiger partial charge in [0.2, 0.25) is 0 Å². The van der Waals surface area contributed by atoms with Gasteiger partial charge in [-0.05, 0) is 0 Å². The Morgan fingerprint density at radius 1 is 1.40 bits per heavy atom. The second kappa shape index (κ2) is 4.60. The van der Waals surface area contributed by atoms with Crippen LogP contribution < -0.4 is 5.43 Å². The summed E-state index contributed by atoms with van der Waals surface area (Å²) in [6.07, 6.45) is 0. The van der Waals surface area contributed by atoms with Gasteiger partial charge in [0.15, 0.2) is 0 Å². The van der Waals surface area contributed by atoms with Gasteiger partial charge in [0, 0.05) is 19.6 Å². The standard InChI is InChI=1S/C6H13FN2O/c7-1-2-8-9-3-5-10-6-4-9/h8H,1-6H2. The van der Waals surface area contributed by atoms with Gasteiger partial charge in [0.1, 0.15) is 6.67 Å². The smallest absolute Gasteiger partial charge is 0.103 e. The van der Waals surface area contributed by atoms with Gasteiger partial charge in [0.25, 0.3) is 0 Å². The summed E-state index contributed by atoms with van der Waals surface area (Å²) < 4.78 is 16.7. The Kier molecular flexibility index (Phi) is 3.64. The minimum atomic E-state index is -0.308. The van der Waals surface area contributed by atoms with E-state index < -0.39 is 0 Å². The number of nitrogens with one attached hydrogen (secondary N) is 1. The van der Waals surface area contributed by atoms with Crippen LogP contribution in [0.25, 0.3) is 0 Å². The Hall–Kier alpha value is -0.190. The first kappa shape index (κ1) is 7.91. The van der Waals surface area contributed by atoms with Crippen LogP contribution in [0, 0.1) is 0 Å². The molecule has 60 valence electrons. The molecule has 0 aliphatic carbocycles.